The molecule has 0 heterocycles. The summed E-state index contributed by atoms with van der Waals surface area (Å²) in [5.41, 5.74) is 8.08. The molecule has 0 aliphatic heterocycles. The van der Waals surface area contributed by atoms with Gasteiger partial charge in [0.1, 0.15) is 0 Å². The predicted molar refractivity (Wildman–Crippen MR) is 68.0 cm³/mol. The van der Waals surface area contributed by atoms with Gasteiger partial charge < -0.3 is 5.73 Å². The normalized spacial score (nSPS) is 14.9. The number of hydrogen-bond acceptors (Lipinski definition) is 1. The topological polar surface area (TPSA) is 26.0 Å². The molecular formula is C14H23N. The maximum atomic E-state index is 5.81. The summed E-state index contributed by atoms with van der Waals surface area (Å²) < 4.78 is 0. The number of nitrogen functional groups attached to an aromatic ring is 1. The molecule has 0 aliphatic rings. The summed E-state index contributed by atoms with van der Waals surface area (Å²) in [6.45, 7) is 6.86. The van der Waals surface area contributed by atoms with Gasteiger partial charge in [0.2, 0.25) is 0 Å². The van der Waals surface area contributed by atoms with Crippen LogP contribution in [-0.4, -0.2) is 0 Å². The fourth-order valence-electron chi connectivity index (χ4n) is 2.29. The van der Waals surface area contributed by atoms with Crippen LogP contribution in [0.4, 0.5) is 5.69 Å². The Hall–Kier alpha value is -0.980. The van der Waals surface area contributed by atoms with Gasteiger partial charge in [-0.1, -0.05) is 52.2 Å². The van der Waals surface area contributed by atoms with E-state index >= 15 is 0 Å². The summed E-state index contributed by atoms with van der Waals surface area (Å²) in [5.74, 6) is 1.41. The van der Waals surface area contributed by atoms with Gasteiger partial charge in [0.25, 0.3) is 0 Å². The van der Waals surface area contributed by atoms with Crippen molar-refractivity contribution in [2.24, 2.45) is 5.92 Å². The number of anilines is 1. The van der Waals surface area contributed by atoms with Gasteiger partial charge in [0.15, 0.2) is 0 Å². The van der Waals surface area contributed by atoms with Crippen LogP contribution in [-0.2, 0) is 0 Å². The molecule has 1 nitrogen and oxygen atoms in total. The van der Waals surface area contributed by atoms with Crippen molar-refractivity contribution < 1.29 is 0 Å². The monoisotopic (exact) mass is 205 g/mol. The van der Waals surface area contributed by atoms with E-state index in [1.807, 2.05) is 6.07 Å². The first-order valence-electron chi connectivity index (χ1n) is 6.04. The molecule has 84 valence electrons. The van der Waals surface area contributed by atoms with E-state index < -0.39 is 0 Å². The van der Waals surface area contributed by atoms with Crippen molar-refractivity contribution in [3.8, 4) is 0 Å². The molecule has 0 saturated carbocycles. The minimum Gasteiger partial charge on any atom is -0.399 e. The van der Waals surface area contributed by atoms with E-state index in [2.05, 4.69) is 39.0 Å². The van der Waals surface area contributed by atoms with Crippen molar-refractivity contribution in [2.45, 2.75) is 46.0 Å². The summed E-state index contributed by atoms with van der Waals surface area (Å²) in [4.78, 5) is 0. The van der Waals surface area contributed by atoms with Crippen LogP contribution in [0.3, 0.4) is 0 Å². The highest BCUT2D eigenvalue weighted by Crippen LogP contribution is 2.30. The fraction of sp³-hybridized carbons (Fsp3) is 0.571. The van der Waals surface area contributed by atoms with E-state index in [9.17, 15) is 0 Å². The van der Waals surface area contributed by atoms with Gasteiger partial charge >= 0.3 is 0 Å². The van der Waals surface area contributed by atoms with E-state index in [1.54, 1.807) is 0 Å². The molecule has 1 aromatic carbocycles. The van der Waals surface area contributed by atoms with Crippen LogP contribution in [0.2, 0.25) is 0 Å². The Morgan fingerprint density at radius 3 is 2.53 bits per heavy atom. The third kappa shape index (κ3) is 3.26. The van der Waals surface area contributed by atoms with E-state index in [1.165, 1.54) is 24.8 Å². The van der Waals surface area contributed by atoms with Gasteiger partial charge in [-0.2, -0.15) is 0 Å². The lowest BCUT2D eigenvalue weighted by Gasteiger charge is -2.22. The molecule has 1 rings (SSSR count). The maximum absolute atomic E-state index is 5.81. The van der Waals surface area contributed by atoms with Gasteiger partial charge in [0.05, 0.1) is 0 Å². The smallest absolute Gasteiger partial charge is 0.0316 e. The molecule has 0 saturated heterocycles. The first-order valence-corrected chi connectivity index (χ1v) is 6.04. The van der Waals surface area contributed by atoms with Crippen LogP contribution in [0, 0.1) is 5.92 Å². The van der Waals surface area contributed by atoms with Crippen LogP contribution in [0.1, 0.15) is 51.5 Å². The van der Waals surface area contributed by atoms with Gasteiger partial charge in [-0.25, -0.2) is 0 Å². The average molecular weight is 205 g/mol. The molecule has 1 heteroatoms. The van der Waals surface area contributed by atoms with Crippen LogP contribution in [0.15, 0.2) is 24.3 Å². The van der Waals surface area contributed by atoms with Crippen molar-refractivity contribution in [2.75, 3.05) is 5.73 Å². The molecule has 2 N–H and O–H groups in total. The Labute approximate surface area is 93.7 Å². The van der Waals surface area contributed by atoms with Crippen LogP contribution in [0.5, 0.6) is 0 Å². The van der Waals surface area contributed by atoms with Gasteiger partial charge in [-0.05, 0) is 29.5 Å². The number of rotatable bonds is 5. The molecule has 0 aromatic heterocycles. The third-order valence-electron chi connectivity index (χ3n) is 3.33. The van der Waals surface area contributed by atoms with Crippen molar-refractivity contribution in [1.29, 1.82) is 0 Å². The second-order valence-electron chi connectivity index (χ2n) is 4.42. The Morgan fingerprint density at radius 2 is 2.00 bits per heavy atom. The standard InChI is InChI=1S/C14H23N/c1-4-7-12(5-2)11(3)13-8-6-9-14(15)10-13/h6,8-12H,4-5,7,15H2,1-3H3. The van der Waals surface area contributed by atoms with E-state index in [-0.39, 0.29) is 0 Å². The summed E-state index contributed by atoms with van der Waals surface area (Å²) >= 11 is 0. The highest BCUT2D eigenvalue weighted by atomic mass is 14.5. The van der Waals surface area contributed by atoms with Crippen molar-refractivity contribution in [3.05, 3.63) is 29.8 Å². The molecule has 0 radical (unpaired) electrons. The molecule has 2 atom stereocenters. The third-order valence-corrected chi connectivity index (χ3v) is 3.33. The highest BCUT2D eigenvalue weighted by Gasteiger charge is 2.16. The second-order valence-corrected chi connectivity index (χ2v) is 4.42. The van der Waals surface area contributed by atoms with E-state index in [0.717, 1.165) is 11.6 Å². The Kier molecular flexibility index (Phi) is 4.67. The molecule has 2 unspecified atom stereocenters. The van der Waals surface area contributed by atoms with Crippen molar-refractivity contribution in [3.63, 3.8) is 0 Å². The lowest BCUT2D eigenvalue weighted by Crippen LogP contribution is -2.09. The SMILES string of the molecule is CCCC(CC)C(C)c1cccc(N)c1. The maximum Gasteiger partial charge on any atom is 0.0316 e. The summed E-state index contributed by atoms with van der Waals surface area (Å²) in [6.07, 6.45) is 3.83. The van der Waals surface area contributed by atoms with E-state index in [0.29, 0.717) is 5.92 Å². The molecule has 0 bridgehead atoms. The first kappa shape index (κ1) is 12.1. The largest absolute Gasteiger partial charge is 0.399 e. The van der Waals surface area contributed by atoms with Crippen LogP contribution in [0.25, 0.3) is 0 Å². The van der Waals surface area contributed by atoms with Gasteiger partial charge in [-0.3, -0.25) is 0 Å². The summed E-state index contributed by atoms with van der Waals surface area (Å²) in [7, 11) is 0. The van der Waals surface area contributed by atoms with Crippen LogP contribution < -0.4 is 5.73 Å². The lowest BCUT2D eigenvalue weighted by atomic mass is 9.83. The van der Waals surface area contributed by atoms with Gasteiger partial charge in [-0.15, -0.1) is 0 Å². The average Bonchev–Trinajstić information content (AvgIpc) is 2.25. The second kappa shape index (κ2) is 5.79. The fourth-order valence-corrected chi connectivity index (χ4v) is 2.29. The minimum atomic E-state index is 0.624. The van der Waals surface area contributed by atoms with Crippen LogP contribution >= 0.6 is 0 Å². The molecular weight excluding hydrogens is 182 g/mol. The zero-order valence-electron chi connectivity index (χ0n) is 10.2. The zero-order chi connectivity index (χ0) is 11.3. The molecule has 0 amide bonds. The molecule has 15 heavy (non-hydrogen) atoms. The highest BCUT2D eigenvalue weighted by molar-refractivity contribution is 5.41. The number of nitrogens with two attached hydrogens (primary N) is 1. The molecule has 0 fully saturated rings. The Morgan fingerprint density at radius 1 is 1.27 bits per heavy atom. The molecule has 1 aromatic rings. The van der Waals surface area contributed by atoms with Crippen molar-refractivity contribution in [1.82, 2.24) is 0 Å². The van der Waals surface area contributed by atoms with Crippen molar-refractivity contribution >= 4 is 5.69 Å². The number of benzene rings is 1. The number of hydrogen-bond donors (Lipinski definition) is 1. The quantitative estimate of drug-likeness (QED) is 0.716. The minimum absolute atomic E-state index is 0.624. The lowest BCUT2D eigenvalue weighted by molar-refractivity contribution is 0.398. The summed E-state index contributed by atoms with van der Waals surface area (Å²) in [6, 6.07) is 8.32. The Bertz CT molecular complexity index is 293. The predicted octanol–water partition coefficient (Wildman–Crippen LogP) is 4.20. The molecule has 0 spiro atoms. The molecule has 0 aliphatic carbocycles. The zero-order valence-corrected chi connectivity index (χ0v) is 10.2. The summed E-state index contributed by atoms with van der Waals surface area (Å²) in [5, 5.41) is 0. The van der Waals surface area contributed by atoms with E-state index in [4.69, 9.17) is 5.73 Å². The Balaban J connectivity index is 2.77. The van der Waals surface area contributed by atoms with Gasteiger partial charge in [0, 0.05) is 5.69 Å². The first-order chi connectivity index (χ1) is 7.19.